The molecule has 162 valence electrons. The maximum Gasteiger partial charge on any atom is 0.270 e. The molecule has 8 heteroatoms. The lowest BCUT2D eigenvalue weighted by Crippen LogP contribution is -2.50. The van der Waals surface area contributed by atoms with Crippen molar-refractivity contribution in [1.82, 2.24) is 14.2 Å². The van der Waals surface area contributed by atoms with Crippen molar-refractivity contribution >= 4 is 26.8 Å². The third kappa shape index (κ3) is 3.74. The number of carbonyl (C=O) groups excluding carboxylic acids is 1. The van der Waals surface area contributed by atoms with Crippen molar-refractivity contribution < 1.29 is 17.6 Å². The smallest absolute Gasteiger partial charge is 0.270 e. The van der Waals surface area contributed by atoms with Crippen LogP contribution < -0.4 is 0 Å². The lowest BCUT2D eigenvalue weighted by molar-refractivity contribution is 0.0693. The van der Waals surface area contributed by atoms with E-state index in [-0.39, 0.29) is 24.8 Å². The van der Waals surface area contributed by atoms with Crippen LogP contribution in [0.25, 0.3) is 10.9 Å². The number of sulfonamides is 1. The van der Waals surface area contributed by atoms with Gasteiger partial charge in [-0.1, -0.05) is 6.07 Å². The number of aromatic nitrogens is 1. The molecule has 1 amide bonds. The zero-order chi connectivity index (χ0) is 21.6. The summed E-state index contributed by atoms with van der Waals surface area (Å²) in [7, 11) is -3.59. The Morgan fingerprint density at radius 1 is 0.903 bits per heavy atom. The Kier molecular flexibility index (Phi) is 5.06. The van der Waals surface area contributed by atoms with E-state index in [2.05, 4.69) is 4.98 Å². The maximum absolute atomic E-state index is 13.4. The summed E-state index contributed by atoms with van der Waals surface area (Å²) in [6, 6.07) is 11.4. The number of hydrogen-bond donors (Lipinski definition) is 1. The summed E-state index contributed by atoms with van der Waals surface area (Å²) >= 11 is 0. The van der Waals surface area contributed by atoms with Gasteiger partial charge in [-0.05, 0) is 73.2 Å². The summed E-state index contributed by atoms with van der Waals surface area (Å²) in [5.74, 6) is -0.561. The van der Waals surface area contributed by atoms with Gasteiger partial charge < -0.3 is 9.88 Å². The first-order valence-electron chi connectivity index (χ1n) is 10.6. The highest BCUT2D eigenvalue weighted by molar-refractivity contribution is 7.89. The van der Waals surface area contributed by atoms with Gasteiger partial charge in [0.1, 0.15) is 11.5 Å². The number of halogens is 1. The lowest BCUT2D eigenvalue weighted by Gasteiger charge is -2.34. The van der Waals surface area contributed by atoms with E-state index in [0.29, 0.717) is 34.6 Å². The highest BCUT2D eigenvalue weighted by Gasteiger charge is 2.31. The van der Waals surface area contributed by atoms with Gasteiger partial charge in [0.2, 0.25) is 10.0 Å². The van der Waals surface area contributed by atoms with Crippen LogP contribution in [0.15, 0.2) is 47.4 Å². The van der Waals surface area contributed by atoms with Crippen LogP contribution in [0.3, 0.4) is 0 Å². The largest absolute Gasteiger partial charge is 0.351 e. The van der Waals surface area contributed by atoms with E-state index >= 15 is 0 Å². The van der Waals surface area contributed by atoms with E-state index in [9.17, 15) is 17.6 Å². The Bertz CT molecular complexity index is 1260. The molecule has 3 aromatic rings. The number of aromatic amines is 1. The highest BCUT2D eigenvalue weighted by atomic mass is 32.2. The summed E-state index contributed by atoms with van der Waals surface area (Å²) in [6.07, 6.45) is 4.18. The lowest BCUT2D eigenvalue weighted by atomic mass is 9.92. The average molecular weight is 442 g/mol. The molecule has 0 atom stereocenters. The molecule has 5 rings (SSSR count). The highest BCUT2D eigenvalue weighted by Crippen LogP contribution is 2.26. The maximum atomic E-state index is 13.4. The number of fused-ring (bicyclic) bond motifs is 2. The van der Waals surface area contributed by atoms with Crippen LogP contribution in [0.4, 0.5) is 4.39 Å². The molecule has 6 nitrogen and oxygen atoms in total. The molecule has 1 aromatic heterocycles. The predicted molar refractivity (Wildman–Crippen MR) is 116 cm³/mol. The van der Waals surface area contributed by atoms with Gasteiger partial charge in [0, 0.05) is 37.1 Å². The summed E-state index contributed by atoms with van der Waals surface area (Å²) in [6.45, 7) is 1.12. The third-order valence-corrected chi connectivity index (χ3v) is 8.19. The number of amides is 1. The molecule has 1 fully saturated rings. The van der Waals surface area contributed by atoms with Gasteiger partial charge in [0.25, 0.3) is 5.91 Å². The number of aryl methyl sites for hydroxylation is 2. The molecule has 1 aliphatic carbocycles. The molecule has 0 spiro atoms. The topological polar surface area (TPSA) is 73.5 Å². The van der Waals surface area contributed by atoms with E-state index in [1.54, 1.807) is 23.1 Å². The predicted octanol–water partition coefficient (Wildman–Crippen LogP) is 3.33. The van der Waals surface area contributed by atoms with E-state index in [1.165, 1.54) is 22.0 Å². The number of H-pyrrole nitrogens is 1. The molecule has 1 saturated heterocycles. The number of nitrogens with zero attached hydrogens (tertiary/aromatic N) is 2. The summed E-state index contributed by atoms with van der Waals surface area (Å²) in [4.78, 5) is 17.9. The molecule has 31 heavy (non-hydrogen) atoms. The zero-order valence-corrected chi connectivity index (χ0v) is 17.9. The minimum atomic E-state index is -3.59. The first-order valence-corrected chi connectivity index (χ1v) is 12.1. The van der Waals surface area contributed by atoms with Gasteiger partial charge in [-0.2, -0.15) is 4.31 Å². The number of carbonyl (C=O) groups is 1. The minimum Gasteiger partial charge on any atom is -0.351 e. The molecule has 0 unspecified atom stereocenters. The third-order valence-electron chi connectivity index (χ3n) is 6.30. The number of piperazine rings is 1. The molecule has 2 aromatic carbocycles. The molecular weight excluding hydrogens is 417 g/mol. The van der Waals surface area contributed by atoms with Gasteiger partial charge in [0.15, 0.2) is 0 Å². The molecule has 0 saturated carbocycles. The Morgan fingerprint density at radius 2 is 1.65 bits per heavy atom. The van der Waals surface area contributed by atoms with Gasteiger partial charge in [-0.3, -0.25) is 4.79 Å². The molecule has 1 aliphatic heterocycles. The van der Waals surface area contributed by atoms with Crippen LogP contribution in [-0.2, 0) is 22.9 Å². The second-order valence-electron chi connectivity index (χ2n) is 8.25. The molecule has 1 N–H and O–H groups in total. The van der Waals surface area contributed by atoms with Crippen LogP contribution in [0.2, 0.25) is 0 Å². The van der Waals surface area contributed by atoms with Crippen LogP contribution in [0.5, 0.6) is 0 Å². The zero-order valence-electron chi connectivity index (χ0n) is 17.1. The van der Waals surface area contributed by atoms with Gasteiger partial charge >= 0.3 is 0 Å². The number of hydrogen-bond acceptors (Lipinski definition) is 3. The Balaban J connectivity index is 1.29. The van der Waals surface area contributed by atoms with Crippen molar-refractivity contribution in [3.63, 3.8) is 0 Å². The van der Waals surface area contributed by atoms with E-state index in [4.69, 9.17) is 0 Å². The first kappa shape index (κ1) is 20.2. The average Bonchev–Trinajstić information content (AvgIpc) is 3.21. The second-order valence-corrected chi connectivity index (χ2v) is 10.2. The van der Waals surface area contributed by atoms with Gasteiger partial charge in [0.05, 0.1) is 4.90 Å². The summed E-state index contributed by atoms with van der Waals surface area (Å²) in [5, 5.41) is 0.636. The summed E-state index contributed by atoms with van der Waals surface area (Å²) < 4.78 is 41.2. The van der Waals surface area contributed by atoms with Crippen LogP contribution in [0, 0.1) is 5.82 Å². The fourth-order valence-electron chi connectivity index (χ4n) is 4.54. The second kappa shape index (κ2) is 7.76. The fourth-order valence-corrected chi connectivity index (χ4v) is 6.01. The SMILES string of the molecule is O=C(c1cc2cc(F)ccc2[nH]1)N1CCN(S(=O)(=O)c2ccc3c(c2)CCCC3)CC1. The van der Waals surface area contributed by atoms with Crippen molar-refractivity contribution in [2.75, 3.05) is 26.2 Å². The van der Waals surface area contributed by atoms with E-state index < -0.39 is 10.0 Å². The Morgan fingerprint density at radius 3 is 2.42 bits per heavy atom. The van der Waals surface area contributed by atoms with Crippen LogP contribution in [0.1, 0.15) is 34.5 Å². The van der Waals surface area contributed by atoms with Gasteiger partial charge in [-0.25, -0.2) is 12.8 Å². The molecule has 2 aliphatic rings. The minimum absolute atomic E-state index is 0.206. The normalized spacial score (nSPS) is 17.6. The molecular formula is C23H24FN3O3S. The standard InChI is InChI=1S/C23H24FN3O3S/c24-19-6-8-21-18(13-19)15-22(25-21)23(28)26-9-11-27(12-10-26)31(29,30)20-7-5-16-3-1-2-4-17(16)14-20/h5-8,13-15,25H,1-4,9-12H2. The molecule has 0 radical (unpaired) electrons. The first-order chi connectivity index (χ1) is 14.9. The van der Waals surface area contributed by atoms with Crippen molar-refractivity contribution in [3.05, 3.63) is 65.1 Å². The van der Waals surface area contributed by atoms with Crippen molar-refractivity contribution in [2.45, 2.75) is 30.6 Å². The van der Waals surface area contributed by atoms with Gasteiger partial charge in [-0.15, -0.1) is 0 Å². The van der Waals surface area contributed by atoms with Crippen LogP contribution in [-0.4, -0.2) is 54.7 Å². The van der Waals surface area contributed by atoms with Crippen molar-refractivity contribution in [3.8, 4) is 0 Å². The van der Waals surface area contributed by atoms with Crippen molar-refractivity contribution in [2.24, 2.45) is 0 Å². The Hall–Kier alpha value is -2.71. The van der Waals surface area contributed by atoms with Crippen LogP contribution >= 0.6 is 0 Å². The quantitative estimate of drug-likeness (QED) is 0.678. The number of rotatable bonds is 3. The van der Waals surface area contributed by atoms with E-state index in [0.717, 1.165) is 31.2 Å². The van der Waals surface area contributed by atoms with E-state index in [1.807, 2.05) is 12.1 Å². The van der Waals surface area contributed by atoms with Crippen molar-refractivity contribution in [1.29, 1.82) is 0 Å². The number of benzene rings is 2. The molecule has 2 heterocycles. The summed E-state index contributed by atoms with van der Waals surface area (Å²) in [5.41, 5.74) is 3.46. The Labute approximate surface area is 180 Å². The molecule has 0 bridgehead atoms. The fraction of sp³-hybridized carbons (Fsp3) is 0.348. The monoisotopic (exact) mass is 441 g/mol. The number of nitrogens with one attached hydrogen (secondary N) is 1.